The third-order valence-electron chi connectivity index (χ3n) is 7.81. The maximum absolute atomic E-state index is 6.90. The molecule has 4 nitrogen and oxygen atoms in total. The van der Waals surface area contributed by atoms with Gasteiger partial charge in [0, 0.05) is 13.0 Å². The van der Waals surface area contributed by atoms with Crippen molar-refractivity contribution < 1.29 is 18.6 Å². The Hall–Kier alpha value is 0.0569. The Balaban J connectivity index is 1.77. The minimum atomic E-state index is -1.78. The largest absolute Gasteiger partial charge is 0.414 e. The van der Waals surface area contributed by atoms with Crippen molar-refractivity contribution >= 4 is 8.32 Å². The third-order valence-corrected chi connectivity index (χ3v) is 12.3. The van der Waals surface area contributed by atoms with Gasteiger partial charge < -0.3 is 18.6 Å². The van der Waals surface area contributed by atoms with Gasteiger partial charge in [-0.25, -0.2) is 0 Å². The molecular weight excluding hydrogens is 344 g/mol. The maximum Gasteiger partial charge on any atom is 0.192 e. The molecule has 0 bridgehead atoms. The number of hydrogen-bond acceptors (Lipinski definition) is 4. The number of ether oxygens (including phenoxy) is 3. The van der Waals surface area contributed by atoms with E-state index in [1.54, 1.807) is 7.11 Å². The summed E-state index contributed by atoms with van der Waals surface area (Å²) in [5, 5.41) is 0.243. The van der Waals surface area contributed by atoms with E-state index in [0.717, 1.165) is 19.3 Å². The summed E-state index contributed by atoms with van der Waals surface area (Å²) in [6.45, 7) is 16.7. The van der Waals surface area contributed by atoms with Gasteiger partial charge in [-0.15, -0.1) is 0 Å². The van der Waals surface area contributed by atoms with Gasteiger partial charge in [0.15, 0.2) is 8.32 Å². The molecule has 2 saturated carbocycles. The van der Waals surface area contributed by atoms with Crippen molar-refractivity contribution in [3.8, 4) is 0 Å². The molecular formula is C21H40O4Si. The Morgan fingerprint density at radius 1 is 1.08 bits per heavy atom. The first-order valence-corrected chi connectivity index (χ1v) is 13.4. The van der Waals surface area contributed by atoms with Crippen LogP contribution in [-0.4, -0.2) is 46.6 Å². The lowest BCUT2D eigenvalue weighted by Crippen LogP contribution is -2.54. The summed E-state index contributed by atoms with van der Waals surface area (Å²) in [6.07, 6.45) is 4.70. The Bertz CT molecular complexity index is 489. The van der Waals surface area contributed by atoms with E-state index in [2.05, 4.69) is 47.7 Å². The molecule has 26 heavy (non-hydrogen) atoms. The van der Waals surface area contributed by atoms with Gasteiger partial charge in [0.2, 0.25) is 0 Å². The summed E-state index contributed by atoms with van der Waals surface area (Å²) in [6, 6.07) is 0. The van der Waals surface area contributed by atoms with Gasteiger partial charge in [0.25, 0.3) is 0 Å². The lowest BCUT2D eigenvalue weighted by atomic mass is 9.61. The van der Waals surface area contributed by atoms with Crippen molar-refractivity contribution in [2.24, 2.45) is 23.7 Å². The SMILES string of the molecule is COCO[C@H]1C[C@H]2C[C@@H](O[Si](C)(C)C(C)(C)C)[C@H](C)[C@H]3O[C@@H](C)[C@H](C1)[C@@H]23. The summed E-state index contributed by atoms with van der Waals surface area (Å²) in [5.74, 6) is 2.43. The van der Waals surface area contributed by atoms with E-state index < -0.39 is 8.32 Å². The van der Waals surface area contributed by atoms with Crippen LogP contribution in [0.1, 0.15) is 53.9 Å². The van der Waals surface area contributed by atoms with Crippen molar-refractivity contribution in [1.29, 1.82) is 0 Å². The zero-order valence-electron chi connectivity index (χ0n) is 18.1. The van der Waals surface area contributed by atoms with Crippen LogP contribution >= 0.6 is 0 Å². The highest BCUT2D eigenvalue weighted by Gasteiger charge is 2.57. The normalized spacial score (nSPS) is 43.4. The molecule has 1 heterocycles. The number of hydrogen-bond donors (Lipinski definition) is 0. The van der Waals surface area contributed by atoms with Crippen molar-refractivity contribution in [3.63, 3.8) is 0 Å². The van der Waals surface area contributed by atoms with Gasteiger partial charge in [-0.2, -0.15) is 0 Å². The molecule has 1 saturated heterocycles. The van der Waals surface area contributed by atoms with Crippen LogP contribution in [0.3, 0.4) is 0 Å². The maximum atomic E-state index is 6.90. The molecule has 0 amide bonds. The second-order valence-corrected chi connectivity index (χ2v) is 15.2. The molecule has 0 N–H and O–H groups in total. The zero-order chi connectivity index (χ0) is 19.3. The second kappa shape index (κ2) is 7.47. The topological polar surface area (TPSA) is 36.9 Å². The first kappa shape index (κ1) is 20.8. The monoisotopic (exact) mass is 384 g/mol. The summed E-state index contributed by atoms with van der Waals surface area (Å²) >= 11 is 0. The molecule has 3 aliphatic rings. The molecule has 0 unspecified atom stereocenters. The quantitative estimate of drug-likeness (QED) is 0.502. The molecule has 0 aromatic heterocycles. The standard InChI is InChI=1S/C21H40O4Si/c1-13-18(25-26(7,8)21(3,4)5)10-15-9-16(23-12-22-6)11-17-14(2)24-20(13)19(15)17/h13-20H,9-12H2,1-8H3/t13-,14-,15-,16-,17-,18+,19+,20+/m0/s1. The Kier molecular flexibility index (Phi) is 5.97. The Labute approximate surface area is 161 Å². The van der Waals surface area contributed by atoms with E-state index in [0.29, 0.717) is 54.9 Å². The molecule has 0 spiro atoms. The predicted molar refractivity (Wildman–Crippen MR) is 107 cm³/mol. The third kappa shape index (κ3) is 3.79. The molecule has 0 aromatic rings. The van der Waals surface area contributed by atoms with E-state index in [-0.39, 0.29) is 5.04 Å². The molecule has 0 radical (unpaired) electrons. The summed E-state index contributed by atoms with van der Waals surface area (Å²) in [4.78, 5) is 0. The fourth-order valence-corrected chi connectivity index (χ4v) is 6.74. The van der Waals surface area contributed by atoms with Crippen LogP contribution in [0.25, 0.3) is 0 Å². The number of methoxy groups -OCH3 is 1. The van der Waals surface area contributed by atoms with E-state index >= 15 is 0 Å². The van der Waals surface area contributed by atoms with E-state index in [9.17, 15) is 0 Å². The van der Waals surface area contributed by atoms with Crippen LogP contribution in [0, 0.1) is 23.7 Å². The molecule has 3 rings (SSSR count). The van der Waals surface area contributed by atoms with Gasteiger partial charge >= 0.3 is 0 Å². The van der Waals surface area contributed by atoms with Crippen LogP contribution in [0.2, 0.25) is 18.1 Å². The Morgan fingerprint density at radius 2 is 1.77 bits per heavy atom. The minimum absolute atomic E-state index is 0.243. The average molecular weight is 385 g/mol. The molecule has 1 aliphatic heterocycles. The minimum Gasteiger partial charge on any atom is -0.414 e. The summed E-state index contributed by atoms with van der Waals surface area (Å²) in [5.41, 5.74) is 0. The molecule has 0 aromatic carbocycles. The fourth-order valence-electron chi connectivity index (χ4n) is 5.32. The lowest BCUT2D eigenvalue weighted by molar-refractivity contribution is -0.122. The summed E-state index contributed by atoms with van der Waals surface area (Å²) in [7, 11) is -0.0785. The number of rotatable bonds is 5. The molecule has 2 aliphatic carbocycles. The van der Waals surface area contributed by atoms with Gasteiger partial charge in [-0.3, -0.25) is 0 Å². The van der Waals surface area contributed by atoms with E-state index in [1.807, 2.05) is 0 Å². The average Bonchev–Trinajstić information content (AvgIpc) is 2.87. The van der Waals surface area contributed by atoms with Crippen LogP contribution in [-0.2, 0) is 18.6 Å². The zero-order valence-corrected chi connectivity index (χ0v) is 19.1. The van der Waals surface area contributed by atoms with Crippen molar-refractivity contribution in [2.75, 3.05) is 13.9 Å². The smallest absolute Gasteiger partial charge is 0.192 e. The highest BCUT2D eigenvalue weighted by atomic mass is 28.4. The van der Waals surface area contributed by atoms with Gasteiger partial charge in [-0.05, 0) is 62.1 Å². The fraction of sp³-hybridized carbons (Fsp3) is 1.00. The van der Waals surface area contributed by atoms with Crippen LogP contribution < -0.4 is 0 Å². The van der Waals surface area contributed by atoms with E-state index in [4.69, 9.17) is 18.6 Å². The first-order chi connectivity index (χ1) is 12.0. The molecule has 8 atom stereocenters. The lowest BCUT2D eigenvalue weighted by Gasteiger charge is -2.50. The van der Waals surface area contributed by atoms with Crippen molar-refractivity contribution in [1.82, 2.24) is 0 Å². The van der Waals surface area contributed by atoms with Crippen LogP contribution in [0.15, 0.2) is 0 Å². The highest BCUT2D eigenvalue weighted by molar-refractivity contribution is 6.74. The molecule has 5 heteroatoms. The molecule has 152 valence electrons. The van der Waals surface area contributed by atoms with Gasteiger partial charge in [0.1, 0.15) is 6.79 Å². The van der Waals surface area contributed by atoms with Crippen molar-refractivity contribution in [2.45, 2.75) is 96.4 Å². The van der Waals surface area contributed by atoms with E-state index in [1.165, 1.54) is 0 Å². The Morgan fingerprint density at radius 3 is 2.38 bits per heavy atom. The van der Waals surface area contributed by atoms with Crippen LogP contribution in [0.4, 0.5) is 0 Å². The highest BCUT2D eigenvalue weighted by Crippen LogP contribution is 2.54. The first-order valence-electron chi connectivity index (χ1n) is 10.5. The van der Waals surface area contributed by atoms with Gasteiger partial charge in [-0.1, -0.05) is 27.7 Å². The second-order valence-electron chi connectivity index (χ2n) is 10.5. The van der Waals surface area contributed by atoms with Crippen molar-refractivity contribution in [3.05, 3.63) is 0 Å². The summed E-state index contributed by atoms with van der Waals surface area (Å²) < 4.78 is 24.6. The predicted octanol–water partition coefficient (Wildman–Crippen LogP) is 4.84. The van der Waals surface area contributed by atoms with Gasteiger partial charge in [0.05, 0.1) is 24.4 Å². The molecule has 3 fully saturated rings. The van der Waals surface area contributed by atoms with Crippen LogP contribution in [0.5, 0.6) is 0 Å².